The molecule has 10 nitrogen and oxygen atoms in total. The second kappa shape index (κ2) is 10.2. The van der Waals surface area contributed by atoms with Crippen LogP contribution >= 0.6 is 11.3 Å². The molecule has 2 N–H and O–H groups in total. The van der Waals surface area contributed by atoms with Gasteiger partial charge in [0.05, 0.1) is 10.6 Å². The van der Waals surface area contributed by atoms with Crippen molar-refractivity contribution in [3.8, 4) is 0 Å². The zero-order chi connectivity index (χ0) is 26.2. The summed E-state index contributed by atoms with van der Waals surface area (Å²) in [5.41, 5.74) is 1.32. The highest BCUT2D eigenvalue weighted by Gasteiger charge is 2.25. The number of piperidine rings is 1. The number of aryl methyl sites for hydroxylation is 2. The fourth-order valence-electron chi connectivity index (χ4n) is 5.11. The Morgan fingerprint density at radius 3 is 2.68 bits per heavy atom. The lowest BCUT2D eigenvalue weighted by molar-refractivity contribution is 0.0937. The van der Waals surface area contributed by atoms with E-state index in [1.165, 1.54) is 22.4 Å². The van der Waals surface area contributed by atoms with E-state index in [4.69, 9.17) is 0 Å². The molecule has 1 aromatic carbocycles. The maximum absolute atomic E-state index is 13.0. The number of amides is 1. The van der Waals surface area contributed by atoms with Crippen LogP contribution < -0.4 is 21.1 Å². The third kappa shape index (κ3) is 5.03. The maximum Gasteiger partial charge on any atom is 0.290 e. The fraction of sp³-hybridized carbons (Fsp3) is 0.407. The van der Waals surface area contributed by atoms with Crippen molar-refractivity contribution in [2.75, 3.05) is 36.4 Å². The smallest absolute Gasteiger partial charge is 0.290 e. The van der Waals surface area contributed by atoms with E-state index in [1.807, 2.05) is 48.1 Å². The molecule has 1 unspecified atom stereocenters. The number of rotatable bonds is 7. The minimum Gasteiger partial charge on any atom is -0.353 e. The summed E-state index contributed by atoms with van der Waals surface area (Å²) >= 11 is 1.51. The number of carbonyl (C=O) groups is 1. The molecule has 4 aromatic rings. The quantitative estimate of drug-likeness (QED) is 0.377. The van der Waals surface area contributed by atoms with Gasteiger partial charge >= 0.3 is 0 Å². The lowest BCUT2D eigenvalue weighted by Gasteiger charge is -2.34. The molecule has 198 valence electrons. The van der Waals surface area contributed by atoms with Crippen molar-refractivity contribution in [1.82, 2.24) is 29.8 Å². The van der Waals surface area contributed by atoms with Gasteiger partial charge in [-0.25, -0.2) is 4.68 Å². The van der Waals surface area contributed by atoms with Gasteiger partial charge in [-0.15, -0.1) is 11.3 Å². The van der Waals surface area contributed by atoms with Gasteiger partial charge in [-0.1, -0.05) is 18.2 Å². The van der Waals surface area contributed by atoms with Crippen LogP contribution in [0.1, 0.15) is 34.6 Å². The summed E-state index contributed by atoms with van der Waals surface area (Å²) < 4.78 is 4.33. The number of fused-ring (bicyclic) bond motifs is 1. The number of hydrogen-bond donors (Lipinski definition) is 2. The summed E-state index contributed by atoms with van der Waals surface area (Å²) in [4.78, 5) is 31.1. The number of benzene rings is 1. The Bertz CT molecular complexity index is 1500. The molecule has 1 atom stereocenters. The van der Waals surface area contributed by atoms with E-state index >= 15 is 0 Å². The summed E-state index contributed by atoms with van der Waals surface area (Å²) in [6.07, 6.45) is 3.06. The highest BCUT2D eigenvalue weighted by atomic mass is 32.1. The first-order valence-electron chi connectivity index (χ1n) is 13.1. The Morgan fingerprint density at radius 1 is 1.05 bits per heavy atom. The van der Waals surface area contributed by atoms with Gasteiger partial charge in [0.1, 0.15) is 5.69 Å². The molecule has 11 heteroatoms. The predicted molar refractivity (Wildman–Crippen MR) is 150 cm³/mol. The number of likely N-dealkylation sites (tertiary alicyclic amines) is 1. The molecule has 2 saturated heterocycles. The monoisotopic (exact) mass is 532 g/mol. The number of hydrogen-bond acceptors (Lipinski definition) is 8. The van der Waals surface area contributed by atoms with Crippen LogP contribution in [0.5, 0.6) is 0 Å². The van der Waals surface area contributed by atoms with E-state index in [-0.39, 0.29) is 17.5 Å². The zero-order valence-corrected chi connectivity index (χ0v) is 22.5. The molecule has 0 radical (unpaired) electrons. The van der Waals surface area contributed by atoms with Crippen LogP contribution in [-0.4, -0.2) is 62.6 Å². The molecule has 0 bridgehead atoms. The van der Waals surface area contributed by atoms with Gasteiger partial charge in [-0.3, -0.25) is 19.2 Å². The van der Waals surface area contributed by atoms with Gasteiger partial charge in [0.2, 0.25) is 0 Å². The highest BCUT2D eigenvalue weighted by Crippen LogP contribution is 2.26. The summed E-state index contributed by atoms with van der Waals surface area (Å²) in [5, 5.41) is 16.6. The van der Waals surface area contributed by atoms with Crippen LogP contribution in [0.2, 0.25) is 0 Å². The Labute approximate surface area is 224 Å². The van der Waals surface area contributed by atoms with Crippen molar-refractivity contribution in [2.24, 2.45) is 14.1 Å². The van der Waals surface area contributed by atoms with Gasteiger partial charge in [-0.05, 0) is 49.9 Å². The van der Waals surface area contributed by atoms with E-state index in [1.54, 1.807) is 13.1 Å². The van der Waals surface area contributed by atoms with Crippen LogP contribution in [0.25, 0.3) is 10.1 Å². The molecule has 3 aromatic heterocycles. The van der Waals surface area contributed by atoms with Crippen LogP contribution in [0.3, 0.4) is 0 Å². The summed E-state index contributed by atoms with van der Waals surface area (Å²) in [6, 6.07) is 13.8. The maximum atomic E-state index is 13.0. The second-order valence-corrected chi connectivity index (χ2v) is 11.2. The molecule has 5 heterocycles. The van der Waals surface area contributed by atoms with Crippen LogP contribution in [0.4, 0.5) is 17.3 Å². The van der Waals surface area contributed by atoms with E-state index in [2.05, 4.69) is 30.6 Å². The molecule has 2 aliphatic heterocycles. The van der Waals surface area contributed by atoms with Gasteiger partial charge in [0, 0.05) is 56.6 Å². The summed E-state index contributed by atoms with van der Waals surface area (Å²) in [6.45, 7) is 4.52. The summed E-state index contributed by atoms with van der Waals surface area (Å²) in [5.74, 6) is 1.30. The molecule has 6 rings (SSSR count). The molecular formula is C27H32N8O2S. The number of thiophene rings is 1. The molecule has 38 heavy (non-hydrogen) atoms. The van der Waals surface area contributed by atoms with E-state index in [0.29, 0.717) is 23.9 Å². The van der Waals surface area contributed by atoms with Crippen molar-refractivity contribution in [1.29, 1.82) is 0 Å². The Balaban J connectivity index is 1.16. The Kier molecular flexibility index (Phi) is 6.62. The van der Waals surface area contributed by atoms with E-state index in [0.717, 1.165) is 59.7 Å². The minimum atomic E-state index is -0.213. The average Bonchev–Trinajstić information content (AvgIpc) is 3.47. The lowest BCUT2D eigenvalue weighted by atomic mass is 10.1. The van der Waals surface area contributed by atoms with Crippen molar-refractivity contribution < 1.29 is 4.79 Å². The molecular weight excluding hydrogens is 500 g/mol. The first-order chi connectivity index (χ1) is 18.4. The number of carbonyl (C=O) groups excluding carboxylic acids is 1. The number of nitrogens with one attached hydrogen (secondary N) is 2. The Hall–Kier alpha value is -3.70. The molecule has 2 aliphatic rings. The standard InChI is InChI=1S/C27H32N8O2S/c1-32-20(17-34-10-6-11-34)14-24(30-32)29-21-15-25(31-33(2)27(21)37)35-12-5-8-19(16-35)28-26(36)23-13-18-7-3-4-9-22(18)38-23/h3-4,7,9,13-15,19H,5-6,8,10-12,16-17H2,1-2H3,(H,28,36)(H,29,30). The van der Waals surface area contributed by atoms with Gasteiger partial charge in [0.25, 0.3) is 11.5 Å². The zero-order valence-electron chi connectivity index (χ0n) is 21.7. The van der Waals surface area contributed by atoms with Crippen molar-refractivity contribution in [3.05, 3.63) is 63.4 Å². The second-order valence-electron chi connectivity index (χ2n) is 10.2. The first-order valence-corrected chi connectivity index (χ1v) is 13.9. The van der Waals surface area contributed by atoms with Crippen LogP contribution in [0, 0.1) is 0 Å². The van der Waals surface area contributed by atoms with E-state index < -0.39 is 0 Å². The van der Waals surface area contributed by atoms with Gasteiger partial charge < -0.3 is 15.5 Å². The Morgan fingerprint density at radius 2 is 1.89 bits per heavy atom. The van der Waals surface area contributed by atoms with Gasteiger partial charge in [-0.2, -0.15) is 10.2 Å². The molecule has 1 amide bonds. The predicted octanol–water partition coefficient (Wildman–Crippen LogP) is 3.08. The average molecular weight is 533 g/mol. The van der Waals surface area contributed by atoms with Crippen molar-refractivity contribution >= 4 is 44.7 Å². The van der Waals surface area contributed by atoms with E-state index in [9.17, 15) is 9.59 Å². The largest absolute Gasteiger partial charge is 0.353 e. The molecule has 0 spiro atoms. The number of nitrogens with zero attached hydrogens (tertiary/aromatic N) is 6. The molecule has 0 aliphatic carbocycles. The molecule has 0 saturated carbocycles. The third-order valence-electron chi connectivity index (χ3n) is 7.35. The normalized spacial score (nSPS) is 17.9. The molecule has 2 fully saturated rings. The summed E-state index contributed by atoms with van der Waals surface area (Å²) in [7, 11) is 3.59. The lowest BCUT2D eigenvalue weighted by Crippen LogP contribution is -2.48. The minimum absolute atomic E-state index is 0.00300. The van der Waals surface area contributed by atoms with Crippen molar-refractivity contribution in [3.63, 3.8) is 0 Å². The van der Waals surface area contributed by atoms with Crippen molar-refractivity contribution in [2.45, 2.75) is 31.8 Å². The number of anilines is 3. The van der Waals surface area contributed by atoms with Gasteiger partial charge in [0.15, 0.2) is 11.6 Å². The third-order valence-corrected chi connectivity index (χ3v) is 8.47. The fourth-order valence-corrected chi connectivity index (χ4v) is 6.08. The number of aromatic nitrogens is 4. The SMILES string of the molecule is Cn1nc(Nc2cc(N3CCCC(NC(=O)c4cc5ccccc5s4)C3)nn(C)c2=O)cc1CN1CCC1. The van der Waals surface area contributed by atoms with Crippen LogP contribution in [0.15, 0.2) is 47.3 Å². The first kappa shape index (κ1) is 24.6. The highest BCUT2D eigenvalue weighted by molar-refractivity contribution is 7.20. The van der Waals surface area contributed by atoms with Crippen LogP contribution in [-0.2, 0) is 20.6 Å². The topological polar surface area (TPSA) is 100 Å².